The molecule has 0 spiro atoms. The van der Waals surface area contributed by atoms with Crippen molar-refractivity contribution >= 4 is 12.0 Å². The number of hydrogen-bond acceptors (Lipinski definition) is 3. The molecule has 114 valence electrons. The number of likely N-dealkylation sites (N-methyl/N-ethyl adjacent to an activating group) is 1. The molecule has 0 radical (unpaired) electrons. The van der Waals surface area contributed by atoms with E-state index in [2.05, 4.69) is 0 Å². The first-order chi connectivity index (χ1) is 10.6. The third kappa shape index (κ3) is 4.02. The van der Waals surface area contributed by atoms with Crippen LogP contribution in [0.25, 0.3) is 6.08 Å². The number of halogens is 1. The first-order valence-corrected chi connectivity index (χ1v) is 6.92. The molecule has 0 fully saturated rings. The average molecular weight is 299 g/mol. The molecule has 0 heterocycles. The number of benzene rings is 2. The maximum Gasteiger partial charge on any atom is 0.332 e. The molecule has 0 saturated heterocycles. The second-order valence-corrected chi connectivity index (χ2v) is 5.04. The van der Waals surface area contributed by atoms with Crippen LogP contribution >= 0.6 is 0 Å². The van der Waals surface area contributed by atoms with Crippen molar-refractivity contribution in [3.8, 4) is 0 Å². The molecule has 0 aliphatic heterocycles. The van der Waals surface area contributed by atoms with Crippen LogP contribution in [-0.4, -0.2) is 25.0 Å². The molecular weight excluding hydrogens is 281 g/mol. The van der Waals surface area contributed by atoms with Gasteiger partial charge < -0.3 is 4.74 Å². The van der Waals surface area contributed by atoms with Crippen LogP contribution in [0.4, 0.5) is 4.39 Å². The quantitative estimate of drug-likeness (QED) is 0.623. The number of carbonyl (C=O) groups excluding carboxylic acids is 1. The van der Waals surface area contributed by atoms with Gasteiger partial charge in [0.15, 0.2) is 0 Å². The zero-order valence-corrected chi connectivity index (χ0v) is 12.6. The number of rotatable bonds is 5. The van der Waals surface area contributed by atoms with Crippen molar-refractivity contribution in [1.82, 2.24) is 4.90 Å². The molecule has 0 N–H and O–H groups in total. The van der Waals surface area contributed by atoms with Crippen molar-refractivity contribution in [3.63, 3.8) is 0 Å². The predicted octanol–water partition coefficient (Wildman–Crippen LogP) is 3.64. The van der Waals surface area contributed by atoms with Gasteiger partial charge in [-0.1, -0.05) is 48.5 Å². The van der Waals surface area contributed by atoms with E-state index < -0.39 is 17.8 Å². The van der Waals surface area contributed by atoms with E-state index in [1.807, 2.05) is 30.3 Å². The molecule has 0 saturated carbocycles. The maximum absolute atomic E-state index is 13.9. The standard InChI is InChI=1S/C18H18FNO2/c1-20(2)17(15-10-6-7-11-16(15)19)18(21)22-13-12-14-8-4-3-5-9-14/h3-13,17H,1-2H3/t17-/m0/s1. The second-order valence-electron chi connectivity index (χ2n) is 5.04. The highest BCUT2D eigenvalue weighted by molar-refractivity contribution is 5.78. The van der Waals surface area contributed by atoms with E-state index in [-0.39, 0.29) is 0 Å². The van der Waals surface area contributed by atoms with Gasteiger partial charge in [0.05, 0.1) is 6.26 Å². The topological polar surface area (TPSA) is 29.5 Å². The van der Waals surface area contributed by atoms with Crippen LogP contribution in [0.1, 0.15) is 17.2 Å². The third-order valence-electron chi connectivity index (χ3n) is 3.18. The molecule has 0 aliphatic carbocycles. The van der Waals surface area contributed by atoms with Gasteiger partial charge in [-0.25, -0.2) is 9.18 Å². The Labute approximate surface area is 129 Å². The van der Waals surface area contributed by atoms with E-state index >= 15 is 0 Å². The number of esters is 1. The summed E-state index contributed by atoms with van der Waals surface area (Å²) in [6.07, 6.45) is 3.01. The molecule has 4 heteroatoms. The van der Waals surface area contributed by atoms with E-state index in [1.165, 1.54) is 12.3 Å². The number of ether oxygens (including phenoxy) is 1. The van der Waals surface area contributed by atoms with Crippen molar-refractivity contribution in [2.75, 3.05) is 14.1 Å². The van der Waals surface area contributed by atoms with Crippen LogP contribution in [0.2, 0.25) is 0 Å². The largest absolute Gasteiger partial charge is 0.433 e. The summed E-state index contributed by atoms with van der Waals surface area (Å²) >= 11 is 0. The van der Waals surface area contributed by atoms with Crippen LogP contribution in [0.5, 0.6) is 0 Å². The minimum atomic E-state index is -0.790. The molecule has 0 unspecified atom stereocenters. The zero-order valence-electron chi connectivity index (χ0n) is 12.6. The fourth-order valence-electron chi connectivity index (χ4n) is 2.12. The summed E-state index contributed by atoms with van der Waals surface area (Å²) in [5.41, 5.74) is 1.22. The first-order valence-electron chi connectivity index (χ1n) is 6.92. The average Bonchev–Trinajstić information content (AvgIpc) is 2.50. The minimum Gasteiger partial charge on any atom is -0.433 e. The van der Waals surface area contributed by atoms with E-state index in [0.29, 0.717) is 5.56 Å². The van der Waals surface area contributed by atoms with Crippen molar-refractivity contribution in [2.24, 2.45) is 0 Å². The molecule has 2 rings (SSSR count). The SMILES string of the molecule is CN(C)[C@H](C(=O)OC=Cc1ccccc1)c1ccccc1F. The van der Waals surface area contributed by atoms with Crippen molar-refractivity contribution in [1.29, 1.82) is 0 Å². The van der Waals surface area contributed by atoms with Crippen molar-refractivity contribution < 1.29 is 13.9 Å². The number of nitrogens with zero attached hydrogens (tertiary/aromatic N) is 1. The Bertz CT molecular complexity index is 653. The molecule has 0 aliphatic rings. The molecule has 2 aromatic rings. The van der Waals surface area contributed by atoms with E-state index in [1.54, 1.807) is 43.3 Å². The monoisotopic (exact) mass is 299 g/mol. The van der Waals surface area contributed by atoms with Crippen molar-refractivity contribution in [3.05, 3.63) is 77.8 Å². The summed E-state index contributed by atoms with van der Waals surface area (Å²) in [7, 11) is 3.42. The molecule has 2 aromatic carbocycles. The predicted molar refractivity (Wildman–Crippen MR) is 84.4 cm³/mol. The summed E-state index contributed by atoms with van der Waals surface area (Å²) in [5, 5.41) is 0. The van der Waals surface area contributed by atoms with E-state index in [0.717, 1.165) is 5.56 Å². The lowest BCUT2D eigenvalue weighted by molar-refractivity contribution is -0.143. The Hall–Kier alpha value is -2.46. The van der Waals surface area contributed by atoms with E-state index in [9.17, 15) is 9.18 Å². The van der Waals surface area contributed by atoms with Gasteiger partial charge in [-0.2, -0.15) is 0 Å². The van der Waals surface area contributed by atoms with Crippen molar-refractivity contribution in [2.45, 2.75) is 6.04 Å². The van der Waals surface area contributed by atoms with Gasteiger partial charge in [0.25, 0.3) is 0 Å². The summed E-state index contributed by atoms with van der Waals surface area (Å²) in [5.74, 6) is -0.951. The van der Waals surface area contributed by atoms with Gasteiger partial charge in [-0.05, 0) is 31.8 Å². The molecular formula is C18H18FNO2. The zero-order chi connectivity index (χ0) is 15.9. The fourth-order valence-corrected chi connectivity index (χ4v) is 2.12. The number of carbonyl (C=O) groups is 1. The maximum atomic E-state index is 13.9. The normalized spacial score (nSPS) is 12.5. The molecule has 0 bridgehead atoms. The molecule has 0 aromatic heterocycles. The highest BCUT2D eigenvalue weighted by Crippen LogP contribution is 2.22. The molecule has 1 atom stereocenters. The summed E-state index contributed by atoms with van der Waals surface area (Å²) in [6, 6.07) is 14.9. The fraction of sp³-hybridized carbons (Fsp3) is 0.167. The van der Waals surface area contributed by atoms with Gasteiger partial charge >= 0.3 is 5.97 Å². The van der Waals surface area contributed by atoms with Gasteiger partial charge in [-0.15, -0.1) is 0 Å². The number of hydrogen-bond donors (Lipinski definition) is 0. The lowest BCUT2D eigenvalue weighted by Crippen LogP contribution is -2.29. The molecule has 22 heavy (non-hydrogen) atoms. The lowest BCUT2D eigenvalue weighted by atomic mass is 10.1. The second kappa shape index (κ2) is 7.52. The highest BCUT2D eigenvalue weighted by Gasteiger charge is 2.26. The smallest absolute Gasteiger partial charge is 0.332 e. The van der Waals surface area contributed by atoms with Crippen LogP contribution < -0.4 is 0 Å². The van der Waals surface area contributed by atoms with Crippen LogP contribution in [0.15, 0.2) is 60.9 Å². The van der Waals surface area contributed by atoms with Crippen LogP contribution in [0.3, 0.4) is 0 Å². The summed E-state index contributed by atoms with van der Waals surface area (Å²) in [4.78, 5) is 13.9. The summed E-state index contributed by atoms with van der Waals surface area (Å²) in [6.45, 7) is 0. The summed E-state index contributed by atoms with van der Waals surface area (Å²) < 4.78 is 19.0. The Kier molecular flexibility index (Phi) is 5.44. The Morgan fingerprint density at radius 3 is 2.36 bits per heavy atom. The van der Waals surface area contributed by atoms with Gasteiger partial charge in [0.2, 0.25) is 0 Å². The third-order valence-corrected chi connectivity index (χ3v) is 3.18. The Morgan fingerprint density at radius 1 is 1.09 bits per heavy atom. The minimum absolute atomic E-state index is 0.297. The van der Waals surface area contributed by atoms with Gasteiger partial charge in [-0.3, -0.25) is 4.90 Å². The highest BCUT2D eigenvalue weighted by atomic mass is 19.1. The lowest BCUT2D eigenvalue weighted by Gasteiger charge is -2.22. The van der Waals surface area contributed by atoms with Crippen LogP contribution in [-0.2, 0) is 9.53 Å². The van der Waals surface area contributed by atoms with Gasteiger partial charge in [0, 0.05) is 5.56 Å². The molecule has 3 nitrogen and oxygen atoms in total. The first kappa shape index (κ1) is 15.9. The van der Waals surface area contributed by atoms with Crippen LogP contribution in [0, 0.1) is 5.82 Å². The Balaban J connectivity index is 2.11. The van der Waals surface area contributed by atoms with E-state index in [4.69, 9.17) is 4.74 Å². The van der Waals surface area contributed by atoms with Gasteiger partial charge in [0.1, 0.15) is 11.9 Å². The Morgan fingerprint density at radius 2 is 1.73 bits per heavy atom. The molecule has 0 amide bonds.